The minimum absolute atomic E-state index is 0.194. The summed E-state index contributed by atoms with van der Waals surface area (Å²) in [5.74, 6) is 1.17. The standard InChI is InChI=1S/C13H19NO2S/c1-5-16-12(15)13(3,4)10-7-17-11(14-10)9-6-8(9)2/h7-9H,5-6H2,1-4H3. The first kappa shape index (κ1) is 12.6. The Hall–Kier alpha value is -0.900. The van der Waals surface area contributed by atoms with E-state index < -0.39 is 5.41 Å². The molecule has 0 aromatic carbocycles. The molecule has 2 unspecified atom stereocenters. The first-order valence-electron chi connectivity index (χ1n) is 6.10. The van der Waals surface area contributed by atoms with E-state index in [1.807, 2.05) is 26.2 Å². The Bertz CT molecular complexity index is 425. The summed E-state index contributed by atoms with van der Waals surface area (Å²) in [5.41, 5.74) is 0.207. The van der Waals surface area contributed by atoms with Crippen molar-refractivity contribution in [2.24, 2.45) is 5.92 Å². The van der Waals surface area contributed by atoms with E-state index in [1.54, 1.807) is 11.3 Å². The van der Waals surface area contributed by atoms with Gasteiger partial charge >= 0.3 is 5.97 Å². The fraction of sp³-hybridized carbons (Fsp3) is 0.692. The summed E-state index contributed by atoms with van der Waals surface area (Å²) in [6.45, 7) is 8.23. The van der Waals surface area contributed by atoms with Gasteiger partial charge in [0.2, 0.25) is 0 Å². The van der Waals surface area contributed by atoms with E-state index in [2.05, 4.69) is 11.9 Å². The third-order valence-electron chi connectivity index (χ3n) is 3.37. The smallest absolute Gasteiger partial charge is 0.317 e. The van der Waals surface area contributed by atoms with Gasteiger partial charge in [0.15, 0.2) is 0 Å². The molecule has 3 nitrogen and oxygen atoms in total. The van der Waals surface area contributed by atoms with E-state index in [4.69, 9.17) is 4.74 Å². The lowest BCUT2D eigenvalue weighted by Gasteiger charge is -2.19. The van der Waals surface area contributed by atoms with Gasteiger partial charge in [-0.3, -0.25) is 4.79 Å². The zero-order valence-electron chi connectivity index (χ0n) is 10.8. The van der Waals surface area contributed by atoms with Gasteiger partial charge in [0, 0.05) is 11.3 Å². The average Bonchev–Trinajstić information content (AvgIpc) is 2.82. The Morgan fingerprint density at radius 3 is 2.82 bits per heavy atom. The van der Waals surface area contributed by atoms with E-state index in [1.165, 1.54) is 11.4 Å². The maximum atomic E-state index is 11.9. The van der Waals surface area contributed by atoms with Gasteiger partial charge < -0.3 is 4.74 Å². The average molecular weight is 253 g/mol. The Labute approximate surface area is 106 Å². The van der Waals surface area contributed by atoms with Crippen LogP contribution < -0.4 is 0 Å². The molecule has 1 aliphatic carbocycles. The zero-order chi connectivity index (χ0) is 12.6. The van der Waals surface area contributed by atoms with Crippen molar-refractivity contribution in [3.8, 4) is 0 Å². The van der Waals surface area contributed by atoms with Crippen LogP contribution in [0.15, 0.2) is 5.38 Å². The molecule has 1 aromatic rings. The normalized spacial score (nSPS) is 23.5. The van der Waals surface area contributed by atoms with Gasteiger partial charge in [0.05, 0.1) is 17.3 Å². The molecule has 17 heavy (non-hydrogen) atoms. The van der Waals surface area contributed by atoms with Crippen LogP contribution in [-0.2, 0) is 14.9 Å². The second-order valence-corrected chi connectivity index (χ2v) is 6.13. The number of esters is 1. The number of thiazole rings is 1. The molecule has 0 aliphatic heterocycles. The van der Waals surface area contributed by atoms with Gasteiger partial charge in [-0.15, -0.1) is 11.3 Å². The van der Waals surface area contributed by atoms with E-state index in [0.717, 1.165) is 11.6 Å². The molecular formula is C13H19NO2S. The molecule has 1 heterocycles. The van der Waals surface area contributed by atoms with Gasteiger partial charge in [-0.1, -0.05) is 6.92 Å². The van der Waals surface area contributed by atoms with Crippen molar-refractivity contribution < 1.29 is 9.53 Å². The highest BCUT2D eigenvalue weighted by Crippen LogP contribution is 2.48. The Kier molecular flexibility index (Phi) is 3.25. The first-order chi connectivity index (χ1) is 7.96. The number of ether oxygens (including phenoxy) is 1. The zero-order valence-corrected chi connectivity index (χ0v) is 11.6. The van der Waals surface area contributed by atoms with E-state index in [0.29, 0.717) is 12.5 Å². The highest BCUT2D eigenvalue weighted by atomic mass is 32.1. The van der Waals surface area contributed by atoms with Crippen molar-refractivity contribution in [2.45, 2.75) is 45.4 Å². The van der Waals surface area contributed by atoms with Gasteiger partial charge in [-0.25, -0.2) is 4.98 Å². The van der Waals surface area contributed by atoms with Crippen LogP contribution in [0.25, 0.3) is 0 Å². The SMILES string of the molecule is CCOC(=O)C(C)(C)c1csc(C2CC2C)n1. The molecule has 1 aromatic heterocycles. The summed E-state index contributed by atoms with van der Waals surface area (Å²) in [7, 11) is 0. The second-order valence-electron chi connectivity index (χ2n) is 5.24. The third kappa shape index (κ3) is 2.37. The summed E-state index contributed by atoms with van der Waals surface area (Å²) in [6, 6.07) is 0. The van der Waals surface area contributed by atoms with Crippen molar-refractivity contribution in [1.82, 2.24) is 4.98 Å². The van der Waals surface area contributed by atoms with Crippen LogP contribution in [0, 0.1) is 5.92 Å². The minimum atomic E-state index is -0.636. The topological polar surface area (TPSA) is 39.2 Å². The maximum Gasteiger partial charge on any atom is 0.317 e. The predicted octanol–water partition coefficient (Wildman–Crippen LogP) is 3.11. The lowest BCUT2D eigenvalue weighted by molar-refractivity contribution is -0.148. The molecule has 0 saturated heterocycles. The summed E-state index contributed by atoms with van der Waals surface area (Å²) >= 11 is 1.67. The summed E-state index contributed by atoms with van der Waals surface area (Å²) < 4.78 is 5.09. The number of carbonyl (C=O) groups excluding carboxylic acids is 1. The lowest BCUT2D eigenvalue weighted by Crippen LogP contribution is -2.31. The summed E-state index contributed by atoms with van der Waals surface area (Å²) in [5, 5.41) is 3.17. The van der Waals surface area contributed by atoms with Crippen LogP contribution in [0.4, 0.5) is 0 Å². The third-order valence-corrected chi connectivity index (χ3v) is 4.35. The van der Waals surface area contributed by atoms with Crippen LogP contribution in [-0.4, -0.2) is 17.6 Å². The van der Waals surface area contributed by atoms with Crippen molar-refractivity contribution in [2.75, 3.05) is 6.61 Å². The van der Waals surface area contributed by atoms with Crippen molar-refractivity contribution in [3.63, 3.8) is 0 Å². The fourth-order valence-corrected chi connectivity index (χ4v) is 3.06. The molecule has 94 valence electrons. The Morgan fingerprint density at radius 2 is 2.29 bits per heavy atom. The minimum Gasteiger partial charge on any atom is -0.465 e. The molecule has 1 aliphatic rings. The number of rotatable bonds is 4. The molecular weight excluding hydrogens is 234 g/mol. The van der Waals surface area contributed by atoms with E-state index >= 15 is 0 Å². The van der Waals surface area contributed by atoms with Crippen LogP contribution in [0.1, 0.15) is 50.7 Å². The lowest BCUT2D eigenvalue weighted by atomic mass is 9.90. The van der Waals surface area contributed by atoms with Crippen LogP contribution in [0.3, 0.4) is 0 Å². The van der Waals surface area contributed by atoms with Crippen molar-refractivity contribution in [1.29, 1.82) is 0 Å². The summed E-state index contributed by atoms with van der Waals surface area (Å²) in [6.07, 6.45) is 1.23. The van der Waals surface area contributed by atoms with Crippen LogP contribution >= 0.6 is 11.3 Å². The molecule has 0 spiro atoms. The number of carbonyl (C=O) groups is 1. The van der Waals surface area contributed by atoms with E-state index in [9.17, 15) is 4.79 Å². The molecule has 0 amide bonds. The number of aromatic nitrogens is 1. The molecule has 0 radical (unpaired) electrons. The van der Waals surface area contributed by atoms with Gasteiger partial charge in [-0.05, 0) is 33.1 Å². The van der Waals surface area contributed by atoms with Crippen LogP contribution in [0.2, 0.25) is 0 Å². The molecule has 1 saturated carbocycles. The van der Waals surface area contributed by atoms with Crippen molar-refractivity contribution >= 4 is 17.3 Å². The Morgan fingerprint density at radius 1 is 1.65 bits per heavy atom. The molecule has 2 rings (SSSR count). The predicted molar refractivity (Wildman–Crippen MR) is 68.3 cm³/mol. The molecule has 4 heteroatoms. The number of nitrogens with zero attached hydrogens (tertiary/aromatic N) is 1. The molecule has 2 atom stereocenters. The van der Waals surface area contributed by atoms with Gasteiger partial charge in [0.1, 0.15) is 5.41 Å². The van der Waals surface area contributed by atoms with Gasteiger partial charge in [0.25, 0.3) is 0 Å². The highest BCUT2D eigenvalue weighted by molar-refractivity contribution is 7.09. The van der Waals surface area contributed by atoms with Crippen LogP contribution in [0.5, 0.6) is 0 Å². The molecule has 0 bridgehead atoms. The van der Waals surface area contributed by atoms with E-state index in [-0.39, 0.29) is 5.97 Å². The quantitative estimate of drug-likeness (QED) is 0.774. The van der Waals surface area contributed by atoms with Crippen molar-refractivity contribution in [3.05, 3.63) is 16.1 Å². The fourth-order valence-electron chi connectivity index (χ4n) is 1.83. The second kappa shape index (κ2) is 4.41. The summed E-state index contributed by atoms with van der Waals surface area (Å²) in [4.78, 5) is 16.5. The molecule has 1 fully saturated rings. The highest BCUT2D eigenvalue weighted by Gasteiger charge is 2.39. The largest absolute Gasteiger partial charge is 0.465 e. The molecule has 0 N–H and O–H groups in total. The number of hydrogen-bond acceptors (Lipinski definition) is 4. The first-order valence-corrected chi connectivity index (χ1v) is 6.98. The Balaban J connectivity index is 2.15. The van der Waals surface area contributed by atoms with Gasteiger partial charge in [-0.2, -0.15) is 0 Å². The maximum absolute atomic E-state index is 11.9. The monoisotopic (exact) mass is 253 g/mol. The number of hydrogen-bond donors (Lipinski definition) is 0.